The molecule has 2 aromatic carbocycles. The van der Waals surface area contributed by atoms with Crippen molar-refractivity contribution in [1.29, 1.82) is 0 Å². The van der Waals surface area contributed by atoms with Crippen molar-refractivity contribution >= 4 is 34.8 Å². The number of nitrogens with one attached hydrogen (secondary N) is 2. The molecule has 0 bridgehead atoms. The van der Waals surface area contributed by atoms with Crippen LogP contribution in [0.1, 0.15) is 28.0 Å². The minimum atomic E-state index is -4.78. The van der Waals surface area contributed by atoms with Crippen molar-refractivity contribution < 1.29 is 32.7 Å². The maximum absolute atomic E-state index is 13.6. The van der Waals surface area contributed by atoms with Crippen LogP contribution in [-0.2, 0) is 11.0 Å². The van der Waals surface area contributed by atoms with Crippen molar-refractivity contribution in [2.75, 3.05) is 29.6 Å². The minimum Gasteiger partial charge on any atom is -0.465 e. The molecule has 3 N–H and O–H groups in total. The molecular weight excluding hydrogens is 477 g/mol. The quantitative estimate of drug-likeness (QED) is 0.294. The third-order valence-electron chi connectivity index (χ3n) is 5.17. The van der Waals surface area contributed by atoms with E-state index in [1.54, 1.807) is 30.5 Å². The van der Waals surface area contributed by atoms with Crippen molar-refractivity contribution in [3.63, 3.8) is 0 Å². The Morgan fingerprint density at radius 1 is 0.972 bits per heavy atom. The van der Waals surface area contributed by atoms with Crippen molar-refractivity contribution in [3.05, 3.63) is 71.5 Å². The third kappa shape index (κ3) is 6.38. The molecule has 2 amide bonds. The Hall–Kier alpha value is -4.41. The molecule has 8 nitrogen and oxygen atoms in total. The van der Waals surface area contributed by atoms with Crippen molar-refractivity contribution in [3.8, 4) is 11.1 Å². The number of amides is 2. The van der Waals surface area contributed by atoms with Gasteiger partial charge in [-0.05, 0) is 48.4 Å². The number of alkyl halides is 3. The number of nitrogens with zero attached hydrogens (tertiary/aromatic N) is 2. The third-order valence-corrected chi connectivity index (χ3v) is 5.17. The monoisotopic (exact) mass is 500 g/mol. The number of hydrogen-bond donors (Lipinski definition) is 3. The van der Waals surface area contributed by atoms with Crippen LogP contribution in [0.4, 0.5) is 35.0 Å². The fourth-order valence-corrected chi connectivity index (χ4v) is 3.55. The molecule has 0 spiro atoms. The number of pyridine rings is 1. The summed E-state index contributed by atoms with van der Waals surface area (Å²) in [5.41, 5.74) is 0.506. The summed E-state index contributed by atoms with van der Waals surface area (Å²) < 4.78 is 40.9. The SMILES string of the molecule is Cc1cc(-c2cccc(C(=O)CC(=O)Nc3cc(C(F)(F)F)c(N(C)C)cc3NC(=O)O)c2)ccn1. The lowest BCUT2D eigenvalue weighted by atomic mass is 10.0. The van der Waals surface area contributed by atoms with Gasteiger partial charge in [0.25, 0.3) is 0 Å². The van der Waals surface area contributed by atoms with E-state index in [-0.39, 0.29) is 16.9 Å². The average Bonchev–Trinajstić information content (AvgIpc) is 2.78. The summed E-state index contributed by atoms with van der Waals surface area (Å²) in [6.45, 7) is 1.82. The van der Waals surface area contributed by atoms with E-state index in [1.165, 1.54) is 25.1 Å². The molecule has 1 heterocycles. The number of Topliss-reactive ketones (excluding diaryl/α,β-unsaturated/α-hetero) is 1. The normalized spacial score (nSPS) is 11.1. The highest BCUT2D eigenvalue weighted by Crippen LogP contribution is 2.41. The molecule has 11 heteroatoms. The molecule has 188 valence electrons. The zero-order valence-electron chi connectivity index (χ0n) is 19.6. The summed E-state index contributed by atoms with van der Waals surface area (Å²) in [6, 6.07) is 11.8. The van der Waals surface area contributed by atoms with E-state index in [4.69, 9.17) is 5.11 Å². The fourth-order valence-electron chi connectivity index (χ4n) is 3.55. The Balaban J connectivity index is 1.87. The van der Waals surface area contributed by atoms with Crippen LogP contribution in [0, 0.1) is 6.92 Å². The van der Waals surface area contributed by atoms with Gasteiger partial charge >= 0.3 is 12.3 Å². The van der Waals surface area contributed by atoms with Crippen LogP contribution in [0.3, 0.4) is 0 Å². The van der Waals surface area contributed by atoms with Crippen molar-refractivity contribution in [2.45, 2.75) is 19.5 Å². The molecule has 0 atom stereocenters. The summed E-state index contributed by atoms with van der Waals surface area (Å²) >= 11 is 0. The second kappa shape index (κ2) is 10.5. The zero-order chi connectivity index (χ0) is 26.6. The van der Waals surface area contributed by atoms with Gasteiger partial charge in [-0.15, -0.1) is 0 Å². The highest BCUT2D eigenvalue weighted by Gasteiger charge is 2.35. The van der Waals surface area contributed by atoms with E-state index in [0.29, 0.717) is 6.07 Å². The molecule has 0 aliphatic heterocycles. The molecule has 0 fully saturated rings. The number of halogens is 3. The number of aryl methyl sites for hydroxylation is 1. The summed E-state index contributed by atoms with van der Waals surface area (Å²) in [5.74, 6) is -1.46. The lowest BCUT2D eigenvalue weighted by Crippen LogP contribution is -2.21. The molecular formula is C25H23F3N4O4. The topological polar surface area (TPSA) is 112 Å². The van der Waals surface area contributed by atoms with Crippen molar-refractivity contribution in [1.82, 2.24) is 4.98 Å². The van der Waals surface area contributed by atoms with Crippen LogP contribution in [0.25, 0.3) is 11.1 Å². The lowest BCUT2D eigenvalue weighted by molar-refractivity contribution is -0.137. The number of rotatable bonds is 7. The fraction of sp³-hybridized carbons (Fsp3) is 0.200. The molecule has 0 radical (unpaired) electrons. The van der Waals surface area contributed by atoms with E-state index in [0.717, 1.165) is 22.9 Å². The summed E-state index contributed by atoms with van der Waals surface area (Å²) in [4.78, 5) is 41.8. The molecule has 0 aliphatic carbocycles. The number of benzene rings is 2. The Bertz CT molecular complexity index is 1320. The van der Waals surface area contributed by atoms with Gasteiger partial charge in [-0.25, -0.2) is 4.79 Å². The number of hydrogen-bond acceptors (Lipinski definition) is 5. The lowest BCUT2D eigenvalue weighted by Gasteiger charge is -2.22. The van der Waals surface area contributed by atoms with E-state index >= 15 is 0 Å². The first kappa shape index (κ1) is 26.2. The smallest absolute Gasteiger partial charge is 0.418 e. The summed E-state index contributed by atoms with van der Waals surface area (Å²) in [7, 11) is 2.74. The Labute approximate surface area is 204 Å². The van der Waals surface area contributed by atoms with E-state index in [9.17, 15) is 27.6 Å². The standard InChI is InChI=1S/C25H23F3N4O4/c1-14-9-16(7-8-29-14)15-5-4-6-17(10-15)22(33)13-23(34)30-19-11-18(25(26,27)28)21(32(2)3)12-20(19)31-24(35)36/h4-12,31H,13H2,1-3H3,(H,30,34)(H,35,36). The second-order valence-corrected chi connectivity index (χ2v) is 8.15. The maximum atomic E-state index is 13.6. The molecule has 36 heavy (non-hydrogen) atoms. The molecule has 1 aromatic heterocycles. The van der Waals surface area contributed by atoms with Gasteiger partial charge in [0, 0.05) is 31.5 Å². The number of carboxylic acid groups (broad SMARTS) is 1. The highest BCUT2D eigenvalue weighted by molar-refractivity contribution is 6.12. The first-order valence-electron chi connectivity index (χ1n) is 10.6. The molecule has 0 saturated carbocycles. The predicted octanol–water partition coefficient (Wildman–Crippen LogP) is 5.44. The summed E-state index contributed by atoms with van der Waals surface area (Å²) in [6.07, 6.45) is -5.34. The summed E-state index contributed by atoms with van der Waals surface area (Å²) in [5, 5.41) is 13.3. The van der Waals surface area contributed by atoms with Crippen molar-refractivity contribution in [2.24, 2.45) is 0 Å². The van der Waals surface area contributed by atoms with Gasteiger partial charge in [0.1, 0.15) is 0 Å². The molecule has 0 unspecified atom stereocenters. The van der Waals surface area contributed by atoms with Gasteiger partial charge in [-0.3, -0.25) is 19.9 Å². The molecule has 3 aromatic rings. The van der Waals surface area contributed by atoms with E-state index in [1.807, 2.05) is 18.3 Å². The van der Waals surface area contributed by atoms with E-state index in [2.05, 4.69) is 10.3 Å². The van der Waals surface area contributed by atoms with Gasteiger partial charge in [0.15, 0.2) is 5.78 Å². The highest BCUT2D eigenvalue weighted by atomic mass is 19.4. The van der Waals surface area contributed by atoms with Crippen LogP contribution in [-0.4, -0.2) is 42.0 Å². The number of carbonyl (C=O) groups is 3. The number of anilines is 3. The maximum Gasteiger partial charge on any atom is 0.418 e. The molecule has 0 aliphatic rings. The average molecular weight is 500 g/mol. The van der Waals surface area contributed by atoms with Gasteiger partial charge in [-0.2, -0.15) is 13.2 Å². The molecule has 0 saturated heterocycles. The minimum absolute atomic E-state index is 0.236. The van der Waals surface area contributed by atoms with Gasteiger partial charge < -0.3 is 15.3 Å². The number of aromatic nitrogens is 1. The van der Waals surface area contributed by atoms with Crippen LogP contribution in [0.5, 0.6) is 0 Å². The van der Waals surface area contributed by atoms with E-state index < -0.39 is 41.6 Å². The Morgan fingerprint density at radius 3 is 2.25 bits per heavy atom. The van der Waals surface area contributed by atoms with Gasteiger partial charge in [0.05, 0.1) is 29.0 Å². The zero-order valence-corrected chi connectivity index (χ0v) is 19.6. The predicted molar refractivity (Wildman–Crippen MR) is 129 cm³/mol. The van der Waals surface area contributed by atoms with Crippen LogP contribution >= 0.6 is 0 Å². The first-order chi connectivity index (χ1) is 16.8. The van der Waals surface area contributed by atoms with Gasteiger partial charge in [0.2, 0.25) is 5.91 Å². The second-order valence-electron chi connectivity index (χ2n) is 8.15. The van der Waals surface area contributed by atoms with Gasteiger partial charge in [-0.1, -0.05) is 18.2 Å². The molecule has 3 rings (SSSR count). The van der Waals surface area contributed by atoms with Crippen LogP contribution in [0.15, 0.2) is 54.7 Å². The number of ketones is 1. The van der Waals surface area contributed by atoms with Crippen LogP contribution < -0.4 is 15.5 Å². The Morgan fingerprint density at radius 2 is 1.64 bits per heavy atom. The first-order valence-corrected chi connectivity index (χ1v) is 10.6. The van der Waals surface area contributed by atoms with Crippen LogP contribution in [0.2, 0.25) is 0 Å². The largest absolute Gasteiger partial charge is 0.465 e. The Kier molecular flexibility index (Phi) is 7.62. The number of carbonyl (C=O) groups excluding carboxylic acids is 2.